The Morgan fingerprint density at radius 2 is 2.00 bits per heavy atom. The van der Waals surface area contributed by atoms with E-state index in [2.05, 4.69) is 6.58 Å². The minimum absolute atomic E-state index is 0.0266. The maximum atomic E-state index is 11.7. The van der Waals surface area contributed by atoms with Crippen LogP contribution in [0.15, 0.2) is 12.7 Å². The summed E-state index contributed by atoms with van der Waals surface area (Å²) in [6.45, 7) is 3.83. The predicted octanol–water partition coefficient (Wildman–Crippen LogP) is 1.24. The highest BCUT2D eigenvalue weighted by molar-refractivity contribution is 7.92. The molecule has 0 aromatic heterocycles. The first kappa shape index (κ1) is 8.04. The van der Waals surface area contributed by atoms with Gasteiger partial charge in [-0.2, -0.15) is 0 Å². The standard InChI is InChI=1S/C10H14O2S/c1-2-7-6-3-8-9(7)5-13(11,12)10(8)4-6/h2,6-10H,1,3-5H2. The van der Waals surface area contributed by atoms with Crippen molar-refractivity contribution in [1.82, 2.24) is 0 Å². The van der Waals surface area contributed by atoms with E-state index in [-0.39, 0.29) is 5.25 Å². The molecule has 0 spiro atoms. The van der Waals surface area contributed by atoms with Gasteiger partial charge in [0.15, 0.2) is 9.84 Å². The molecule has 0 aromatic rings. The van der Waals surface area contributed by atoms with Gasteiger partial charge in [-0.3, -0.25) is 0 Å². The highest BCUT2D eigenvalue weighted by atomic mass is 32.2. The molecule has 3 fully saturated rings. The van der Waals surface area contributed by atoms with Gasteiger partial charge in [-0.15, -0.1) is 6.58 Å². The first-order chi connectivity index (χ1) is 6.13. The monoisotopic (exact) mass is 198 g/mol. The molecule has 2 aliphatic carbocycles. The molecule has 2 nitrogen and oxygen atoms in total. The largest absolute Gasteiger partial charge is 0.229 e. The molecule has 3 aliphatic rings. The van der Waals surface area contributed by atoms with E-state index in [4.69, 9.17) is 0 Å². The highest BCUT2D eigenvalue weighted by Crippen LogP contribution is 2.59. The highest BCUT2D eigenvalue weighted by Gasteiger charge is 2.61. The van der Waals surface area contributed by atoms with Crippen molar-refractivity contribution < 1.29 is 8.42 Å². The molecule has 1 saturated heterocycles. The van der Waals surface area contributed by atoms with Crippen LogP contribution < -0.4 is 0 Å². The minimum atomic E-state index is -2.72. The van der Waals surface area contributed by atoms with Crippen molar-refractivity contribution in [3.63, 3.8) is 0 Å². The van der Waals surface area contributed by atoms with Gasteiger partial charge in [0.1, 0.15) is 0 Å². The summed E-state index contributed by atoms with van der Waals surface area (Å²) >= 11 is 0. The zero-order valence-corrected chi connectivity index (χ0v) is 8.33. The third kappa shape index (κ3) is 0.815. The summed E-state index contributed by atoms with van der Waals surface area (Å²) in [6.07, 6.45) is 4.05. The summed E-state index contributed by atoms with van der Waals surface area (Å²) in [4.78, 5) is 0. The van der Waals surface area contributed by atoms with Gasteiger partial charge >= 0.3 is 0 Å². The zero-order chi connectivity index (χ0) is 9.22. The number of hydrogen-bond acceptors (Lipinski definition) is 2. The van der Waals surface area contributed by atoms with Gasteiger partial charge in [-0.25, -0.2) is 8.42 Å². The fourth-order valence-electron chi connectivity index (χ4n) is 3.88. The van der Waals surface area contributed by atoms with Crippen LogP contribution in [-0.2, 0) is 9.84 Å². The van der Waals surface area contributed by atoms with E-state index in [0.29, 0.717) is 29.4 Å². The summed E-state index contributed by atoms with van der Waals surface area (Å²) < 4.78 is 23.4. The molecule has 0 radical (unpaired) electrons. The molecular formula is C10H14O2S. The lowest BCUT2D eigenvalue weighted by molar-refractivity contribution is 0.318. The Hall–Kier alpha value is -0.310. The van der Waals surface area contributed by atoms with Crippen molar-refractivity contribution in [2.24, 2.45) is 23.7 Å². The molecule has 5 atom stereocenters. The molecule has 1 heterocycles. The Labute approximate surface area is 78.9 Å². The van der Waals surface area contributed by atoms with E-state index in [1.165, 1.54) is 0 Å². The van der Waals surface area contributed by atoms with Gasteiger partial charge in [0.2, 0.25) is 0 Å². The van der Waals surface area contributed by atoms with Crippen molar-refractivity contribution in [3.05, 3.63) is 12.7 Å². The maximum Gasteiger partial charge on any atom is 0.153 e. The van der Waals surface area contributed by atoms with Crippen LogP contribution in [0.4, 0.5) is 0 Å². The van der Waals surface area contributed by atoms with E-state index in [1.807, 2.05) is 6.08 Å². The summed E-state index contributed by atoms with van der Waals surface area (Å²) in [6, 6.07) is 0. The molecule has 2 saturated carbocycles. The van der Waals surface area contributed by atoms with Gasteiger partial charge in [0, 0.05) is 0 Å². The quantitative estimate of drug-likeness (QED) is 0.594. The zero-order valence-electron chi connectivity index (χ0n) is 7.52. The van der Waals surface area contributed by atoms with Gasteiger partial charge in [0.05, 0.1) is 11.0 Å². The average molecular weight is 198 g/mol. The van der Waals surface area contributed by atoms with E-state index in [9.17, 15) is 8.42 Å². The number of hydrogen-bond donors (Lipinski definition) is 0. The maximum absolute atomic E-state index is 11.7. The molecular weight excluding hydrogens is 184 g/mol. The lowest BCUT2D eigenvalue weighted by atomic mass is 9.81. The van der Waals surface area contributed by atoms with Crippen LogP contribution in [0.2, 0.25) is 0 Å². The Bertz CT molecular complexity index is 357. The fourth-order valence-corrected chi connectivity index (χ4v) is 6.52. The SMILES string of the molecule is C=CC1C2CC3C1CS(=O)(=O)C3C2. The van der Waals surface area contributed by atoms with E-state index >= 15 is 0 Å². The second-order valence-electron chi connectivity index (χ2n) is 4.74. The molecule has 13 heavy (non-hydrogen) atoms. The first-order valence-electron chi connectivity index (χ1n) is 4.97. The Morgan fingerprint density at radius 3 is 2.69 bits per heavy atom. The van der Waals surface area contributed by atoms with Crippen LogP contribution in [0.1, 0.15) is 12.8 Å². The topological polar surface area (TPSA) is 34.1 Å². The van der Waals surface area contributed by atoms with Crippen LogP contribution in [0, 0.1) is 23.7 Å². The average Bonchev–Trinajstić information content (AvgIpc) is 2.62. The lowest BCUT2D eigenvalue weighted by Crippen LogP contribution is -2.23. The van der Waals surface area contributed by atoms with Crippen molar-refractivity contribution in [2.75, 3.05) is 5.75 Å². The number of rotatable bonds is 1. The van der Waals surface area contributed by atoms with Crippen LogP contribution in [-0.4, -0.2) is 19.4 Å². The minimum Gasteiger partial charge on any atom is -0.229 e. The van der Waals surface area contributed by atoms with Crippen LogP contribution in [0.25, 0.3) is 0 Å². The van der Waals surface area contributed by atoms with Gasteiger partial charge in [0.25, 0.3) is 0 Å². The van der Waals surface area contributed by atoms with E-state index in [1.54, 1.807) is 0 Å². The van der Waals surface area contributed by atoms with E-state index in [0.717, 1.165) is 12.8 Å². The Morgan fingerprint density at radius 1 is 1.23 bits per heavy atom. The summed E-state index contributed by atoms with van der Waals surface area (Å²) in [5.41, 5.74) is 0. The third-order valence-corrected chi connectivity index (χ3v) is 6.65. The van der Waals surface area contributed by atoms with Crippen LogP contribution in [0.3, 0.4) is 0 Å². The van der Waals surface area contributed by atoms with Crippen LogP contribution >= 0.6 is 0 Å². The molecule has 3 heteroatoms. The molecule has 5 unspecified atom stereocenters. The molecule has 3 rings (SSSR count). The Kier molecular flexibility index (Phi) is 1.35. The van der Waals surface area contributed by atoms with Crippen LogP contribution in [0.5, 0.6) is 0 Å². The number of fused-ring (bicyclic) bond motifs is 1. The number of allylic oxidation sites excluding steroid dienone is 1. The molecule has 1 aliphatic heterocycles. The van der Waals surface area contributed by atoms with Gasteiger partial charge < -0.3 is 0 Å². The molecule has 0 amide bonds. The normalized spacial score (nSPS) is 55.5. The van der Waals surface area contributed by atoms with Crippen molar-refractivity contribution >= 4 is 9.84 Å². The summed E-state index contributed by atoms with van der Waals surface area (Å²) in [5.74, 6) is 2.48. The smallest absolute Gasteiger partial charge is 0.153 e. The first-order valence-corrected chi connectivity index (χ1v) is 6.69. The molecule has 72 valence electrons. The predicted molar refractivity (Wildman–Crippen MR) is 51.0 cm³/mol. The molecule has 0 aromatic carbocycles. The second-order valence-corrected chi connectivity index (χ2v) is 7.00. The number of sulfone groups is 1. The van der Waals surface area contributed by atoms with Gasteiger partial charge in [-0.1, -0.05) is 6.08 Å². The fraction of sp³-hybridized carbons (Fsp3) is 0.800. The van der Waals surface area contributed by atoms with Gasteiger partial charge in [-0.05, 0) is 36.5 Å². The third-order valence-electron chi connectivity index (χ3n) is 4.33. The van der Waals surface area contributed by atoms with Crippen molar-refractivity contribution in [2.45, 2.75) is 18.1 Å². The summed E-state index contributed by atoms with van der Waals surface area (Å²) in [5, 5.41) is 0.0266. The molecule has 2 bridgehead atoms. The summed E-state index contributed by atoms with van der Waals surface area (Å²) in [7, 11) is -2.72. The van der Waals surface area contributed by atoms with E-state index < -0.39 is 9.84 Å². The Balaban J connectivity index is 2.08. The lowest BCUT2D eigenvalue weighted by Gasteiger charge is -2.23. The van der Waals surface area contributed by atoms with Crippen molar-refractivity contribution in [1.29, 1.82) is 0 Å². The molecule has 0 N–H and O–H groups in total. The van der Waals surface area contributed by atoms with Crippen molar-refractivity contribution in [3.8, 4) is 0 Å². The second kappa shape index (κ2) is 2.19.